The highest BCUT2D eigenvalue weighted by molar-refractivity contribution is 7.89. The zero-order valence-corrected chi connectivity index (χ0v) is 16.8. The summed E-state index contributed by atoms with van der Waals surface area (Å²) < 4.78 is 39.5. The summed E-state index contributed by atoms with van der Waals surface area (Å²) in [4.78, 5) is 14.4. The number of amides is 1. The maximum Gasteiger partial charge on any atom is 0.254 e. The summed E-state index contributed by atoms with van der Waals surface area (Å²) in [5.74, 6) is -0.566. The van der Waals surface area contributed by atoms with Crippen molar-refractivity contribution in [1.29, 1.82) is 0 Å². The molecule has 0 saturated heterocycles. The van der Waals surface area contributed by atoms with Gasteiger partial charge in [-0.2, -0.15) is 4.31 Å². The molecule has 0 saturated carbocycles. The van der Waals surface area contributed by atoms with Gasteiger partial charge < -0.3 is 4.90 Å². The number of carbonyl (C=O) groups is 1. The fraction of sp³-hybridized carbons (Fsp3) is 0.350. The molecule has 0 N–H and O–H groups in total. The van der Waals surface area contributed by atoms with Crippen LogP contribution >= 0.6 is 0 Å². The molecular weight excluding hydrogens is 367 g/mol. The average molecular weight is 392 g/mol. The van der Waals surface area contributed by atoms with Crippen molar-refractivity contribution in [2.24, 2.45) is 0 Å². The minimum absolute atomic E-state index is 0.164. The highest BCUT2D eigenvalue weighted by Crippen LogP contribution is 2.22. The van der Waals surface area contributed by atoms with Gasteiger partial charge in [0.1, 0.15) is 5.82 Å². The maximum atomic E-state index is 13.1. The van der Waals surface area contributed by atoms with Crippen LogP contribution in [-0.2, 0) is 10.0 Å². The van der Waals surface area contributed by atoms with Crippen LogP contribution in [0.1, 0.15) is 42.7 Å². The predicted molar refractivity (Wildman–Crippen MR) is 103 cm³/mol. The lowest BCUT2D eigenvalue weighted by molar-refractivity contribution is 0.0742. The van der Waals surface area contributed by atoms with Gasteiger partial charge in [-0.1, -0.05) is 26.0 Å². The molecule has 0 aliphatic rings. The van der Waals surface area contributed by atoms with Crippen LogP contribution in [0.3, 0.4) is 0 Å². The fourth-order valence-electron chi connectivity index (χ4n) is 2.83. The monoisotopic (exact) mass is 392 g/mol. The lowest BCUT2D eigenvalue weighted by Crippen LogP contribution is -2.31. The minimum Gasteiger partial charge on any atom is -0.335 e. The molecule has 7 heteroatoms. The Morgan fingerprint density at radius 2 is 1.52 bits per heavy atom. The first-order valence-corrected chi connectivity index (χ1v) is 10.3. The van der Waals surface area contributed by atoms with Crippen LogP contribution in [-0.4, -0.2) is 43.7 Å². The van der Waals surface area contributed by atoms with Crippen molar-refractivity contribution in [3.05, 3.63) is 65.5 Å². The molecule has 5 nitrogen and oxygen atoms in total. The van der Waals surface area contributed by atoms with E-state index in [-0.39, 0.29) is 22.7 Å². The van der Waals surface area contributed by atoms with Crippen molar-refractivity contribution in [1.82, 2.24) is 9.21 Å². The van der Waals surface area contributed by atoms with Gasteiger partial charge in [-0.05, 0) is 48.9 Å². The number of hydrogen-bond acceptors (Lipinski definition) is 3. The molecule has 2 aromatic carbocycles. The number of halogens is 1. The first-order chi connectivity index (χ1) is 12.7. The molecule has 1 amide bonds. The molecule has 0 aliphatic carbocycles. The van der Waals surface area contributed by atoms with Gasteiger partial charge in [-0.25, -0.2) is 12.8 Å². The van der Waals surface area contributed by atoms with Crippen molar-refractivity contribution in [2.45, 2.75) is 31.7 Å². The summed E-state index contributed by atoms with van der Waals surface area (Å²) in [6.45, 7) is 6.19. The van der Waals surface area contributed by atoms with E-state index in [1.165, 1.54) is 40.7 Å². The first kappa shape index (κ1) is 21.1. The van der Waals surface area contributed by atoms with E-state index >= 15 is 0 Å². The zero-order valence-electron chi connectivity index (χ0n) is 16.0. The van der Waals surface area contributed by atoms with Crippen LogP contribution in [0.25, 0.3) is 0 Å². The molecule has 1 atom stereocenters. The molecule has 0 aliphatic heterocycles. The minimum atomic E-state index is -3.55. The molecule has 27 heavy (non-hydrogen) atoms. The Labute approximate surface area is 160 Å². The number of carbonyl (C=O) groups excluding carboxylic acids is 1. The number of nitrogens with zero attached hydrogens (tertiary/aromatic N) is 2. The van der Waals surface area contributed by atoms with Crippen LogP contribution in [0.15, 0.2) is 53.4 Å². The summed E-state index contributed by atoms with van der Waals surface area (Å²) in [6, 6.07) is 11.7. The van der Waals surface area contributed by atoms with E-state index in [1.807, 2.05) is 6.92 Å². The van der Waals surface area contributed by atoms with E-state index in [1.54, 1.807) is 37.9 Å². The number of sulfonamides is 1. The summed E-state index contributed by atoms with van der Waals surface area (Å²) >= 11 is 0. The van der Waals surface area contributed by atoms with E-state index in [0.29, 0.717) is 18.7 Å². The highest BCUT2D eigenvalue weighted by atomic mass is 32.2. The third-order valence-corrected chi connectivity index (χ3v) is 6.76. The van der Waals surface area contributed by atoms with E-state index in [0.717, 1.165) is 5.56 Å². The van der Waals surface area contributed by atoms with Gasteiger partial charge in [-0.15, -0.1) is 0 Å². The van der Waals surface area contributed by atoms with Gasteiger partial charge in [0.05, 0.1) is 10.9 Å². The van der Waals surface area contributed by atoms with Crippen molar-refractivity contribution in [2.75, 3.05) is 20.1 Å². The smallest absolute Gasteiger partial charge is 0.254 e. The molecule has 0 aromatic heterocycles. The van der Waals surface area contributed by atoms with E-state index in [4.69, 9.17) is 0 Å². The van der Waals surface area contributed by atoms with Gasteiger partial charge in [0.25, 0.3) is 5.91 Å². The zero-order chi connectivity index (χ0) is 20.2. The molecule has 0 radical (unpaired) electrons. The lowest BCUT2D eigenvalue weighted by Gasteiger charge is -2.25. The summed E-state index contributed by atoms with van der Waals surface area (Å²) in [6.07, 6.45) is 0. The van der Waals surface area contributed by atoms with E-state index in [2.05, 4.69) is 0 Å². The van der Waals surface area contributed by atoms with Gasteiger partial charge in [0.15, 0.2) is 0 Å². The first-order valence-electron chi connectivity index (χ1n) is 8.85. The Kier molecular flexibility index (Phi) is 6.73. The molecule has 0 fully saturated rings. The van der Waals surface area contributed by atoms with E-state index < -0.39 is 10.0 Å². The number of benzene rings is 2. The van der Waals surface area contributed by atoms with Crippen LogP contribution in [0, 0.1) is 5.82 Å². The van der Waals surface area contributed by atoms with Gasteiger partial charge in [0.2, 0.25) is 10.0 Å². The van der Waals surface area contributed by atoms with Crippen LogP contribution in [0.4, 0.5) is 4.39 Å². The predicted octanol–water partition coefficient (Wildman–Crippen LogP) is 3.69. The van der Waals surface area contributed by atoms with E-state index in [9.17, 15) is 17.6 Å². The van der Waals surface area contributed by atoms with Crippen LogP contribution in [0.2, 0.25) is 0 Å². The largest absolute Gasteiger partial charge is 0.335 e. The molecule has 0 unspecified atom stereocenters. The van der Waals surface area contributed by atoms with Crippen LogP contribution < -0.4 is 0 Å². The normalized spacial score (nSPS) is 12.8. The number of rotatable bonds is 7. The maximum absolute atomic E-state index is 13.1. The standard InChI is InChI=1S/C20H25FN2O3S/c1-5-23(6-2)27(25,26)19-13-9-17(10-14-19)20(24)22(4)15(3)16-7-11-18(21)12-8-16/h7-15H,5-6H2,1-4H3/t15-/m0/s1. The number of hydrogen-bond donors (Lipinski definition) is 0. The molecule has 146 valence electrons. The third-order valence-electron chi connectivity index (χ3n) is 4.70. The topological polar surface area (TPSA) is 57.7 Å². The second kappa shape index (κ2) is 8.63. The van der Waals surface area contributed by atoms with Crippen LogP contribution in [0.5, 0.6) is 0 Å². The second-order valence-electron chi connectivity index (χ2n) is 6.26. The molecule has 2 rings (SSSR count). The molecule has 0 heterocycles. The van der Waals surface area contributed by atoms with Crippen molar-refractivity contribution in [3.8, 4) is 0 Å². The van der Waals surface area contributed by atoms with Crippen molar-refractivity contribution in [3.63, 3.8) is 0 Å². The van der Waals surface area contributed by atoms with Crippen molar-refractivity contribution >= 4 is 15.9 Å². The summed E-state index contributed by atoms with van der Waals surface area (Å²) in [5, 5.41) is 0. The third kappa shape index (κ3) is 4.54. The van der Waals surface area contributed by atoms with Gasteiger partial charge >= 0.3 is 0 Å². The summed E-state index contributed by atoms with van der Waals surface area (Å²) in [5.41, 5.74) is 1.21. The fourth-order valence-corrected chi connectivity index (χ4v) is 4.28. The van der Waals surface area contributed by atoms with Crippen molar-refractivity contribution < 1.29 is 17.6 Å². The Morgan fingerprint density at radius 3 is 2.00 bits per heavy atom. The Balaban J connectivity index is 2.21. The lowest BCUT2D eigenvalue weighted by atomic mass is 10.1. The highest BCUT2D eigenvalue weighted by Gasteiger charge is 2.23. The van der Waals surface area contributed by atoms with Gasteiger partial charge in [-0.3, -0.25) is 4.79 Å². The SMILES string of the molecule is CCN(CC)S(=O)(=O)c1ccc(C(=O)N(C)[C@@H](C)c2ccc(F)cc2)cc1. The summed E-state index contributed by atoms with van der Waals surface area (Å²) in [7, 11) is -1.89. The molecular formula is C20H25FN2O3S. The Hall–Kier alpha value is -2.25. The quantitative estimate of drug-likeness (QED) is 0.722. The average Bonchev–Trinajstić information content (AvgIpc) is 2.67. The Morgan fingerprint density at radius 1 is 1.00 bits per heavy atom. The second-order valence-corrected chi connectivity index (χ2v) is 8.20. The van der Waals surface area contributed by atoms with Gasteiger partial charge in [0, 0.05) is 25.7 Å². The molecule has 0 bridgehead atoms. The molecule has 2 aromatic rings. The Bertz CT molecular complexity index is 876. The molecule has 0 spiro atoms.